The van der Waals surface area contributed by atoms with E-state index in [-0.39, 0.29) is 11.9 Å². The van der Waals surface area contributed by atoms with Gasteiger partial charge < -0.3 is 30.2 Å². The first-order chi connectivity index (χ1) is 11.1. The van der Waals surface area contributed by atoms with E-state index in [0.29, 0.717) is 23.0 Å². The minimum atomic E-state index is 0. The molecule has 0 heterocycles. The van der Waals surface area contributed by atoms with E-state index in [1.807, 2.05) is 30.4 Å². The average molecular weight is 333 g/mol. The monoisotopic (exact) mass is 333 g/mol. The number of ether oxygens (including phenoxy) is 4. The Labute approximate surface area is 141 Å². The van der Waals surface area contributed by atoms with E-state index in [1.165, 1.54) is 7.11 Å². The molecule has 0 spiro atoms. The summed E-state index contributed by atoms with van der Waals surface area (Å²) in [6.07, 6.45) is 3.77. The topological polar surface area (TPSA) is 92.2 Å². The fourth-order valence-electron chi connectivity index (χ4n) is 2.20. The zero-order valence-corrected chi connectivity index (χ0v) is 14.3. The largest absolute Gasteiger partial charge is 0.504 e. The predicted molar refractivity (Wildman–Crippen MR) is 94.7 cm³/mol. The highest BCUT2D eigenvalue weighted by Gasteiger charge is 2.12. The molecule has 0 unspecified atom stereocenters. The second-order valence-corrected chi connectivity index (χ2v) is 4.72. The third kappa shape index (κ3) is 4.11. The van der Waals surface area contributed by atoms with Gasteiger partial charge in [0.2, 0.25) is 5.75 Å². The molecule has 0 radical (unpaired) electrons. The highest BCUT2D eigenvalue weighted by Crippen LogP contribution is 2.38. The van der Waals surface area contributed by atoms with Crippen LogP contribution in [0.1, 0.15) is 11.1 Å². The van der Waals surface area contributed by atoms with Gasteiger partial charge >= 0.3 is 0 Å². The summed E-state index contributed by atoms with van der Waals surface area (Å²) in [5, 5.41) is 9.81. The summed E-state index contributed by atoms with van der Waals surface area (Å²) in [4.78, 5) is 0. The molecule has 0 aliphatic heterocycles. The van der Waals surface area contributed by atoms with E-state index < -0.39 is 0 Å². The molecule has 0 amide bonds. The lowest BCUT2D eigenvalue weighted by molar-refractivity contribution is 0.324. The summed E-state index contributed by atoms with van der Waals surface area (Å²) < 4.78 is 21.0. The molecular formula is C18H23NO5. The smallest absolute Gasteiger partial charge is 0.203 e. The van der Waals surface area contributed by atoms with E-state index in [1.54, 1.807) is 33.5 Å². The maximum Gasteiger partial charge on any atom is 0.203 e. The van der Waals surface area contributed by atoms with Gasteiger partial charge in [-0.2, -0.15) is 0 Å². The molecule has 130 valence electrons. The molecule has 0 aliphatic rings. The number of hydrogen-bond acceptors (Lipinski definition) is 6. The Balaban J connectivity index is 0.00000288. The first-order valence-corrected chi connectivity index (χ1v) is 6.98. The normalized spacial score (nSPS) is 10.2. The van der Waals surface area contributed by atoms with E-state index in [0.717, 1.165) is 11.1 Å². The summed E-state index contributed by atoms with van der Waals surface area (Å²) in [6.45, 7) is 0. The Bertz CT molecular complexity index is 688. The van der Waals surface area contributed by atoms with Gasteiger partial charge in [0.05, 0.1) is 28.4 Å². The fraction of sp³-hybridized carbons (Fsp3) is 0.222. The summed E-state index contributed by atoms with van der Waals surface area (Å²) in [5.74, 6) is 2.26. The van der Waals surface area contributed by atoms with Crippen molar-refractivity contribution in [1.82, 2.24) is 6.15 Å². The SMILES string of the molecule is COc1ccc(/C=C\c2cc(OC)c(OC)c(OC)c2)cc1O.N. The molecule has 4 N–H and O–H groups in total. The summed E-state index contributed by atoms with van der Waals surface area (Å²) in [5.41, 5.74) is 1.73. The van der Waals surface area contributed by atoms with Gasteiger partial charge in [0.15, 0.2) is 23.0 Å². The summed E-state index contributed by atoms with van der Waals surface area (Å²) in [7, 11) is 6.23. The number of benzene rings is 2. The number of phenols is 1. The van der Waals surface area contributed by atoms with Gasteiger partial charge in [-0.3, -0.25) is 0 Å². The van der Waals surface area contributed by atoms with Crippen LogP contribution in [0.5, 0.6) is 28.7 Å². The molecule has 0 atom stereocenters. The first-order valence-electron chi connectivity index (χ1n) is 6.98. The minimum absolute atomic E-state index is 0. The van der Waals surface area contributed by atoms with Crippen molar-refractivity contribution in [2.24, 2.45) is 0 Å². The molecule has 2 aromatic carbocycles. The lowest BCUT2D eigenvalue weighted by Gasteiger charge is -2.12. The van der Waals surface area contributed by atoms with Crippen molar-refractivity contribution in [1.29, 1.82) is 0 Å². The third-order valence-electron chi connectivity index (χ3n) is 3.36. The summed E-state index contributed by atoms with van der Waals surface area (Å²) >= 11 is 0. The van der Waals surface area contributed by atoms with Crippen LogP contribution in [0.15, 0.2) is 30.3 Å². The highest BCUT2D eigenvalue weighted by molar-refractivity contribution is 5.73. The quantitative estimate of drug-likeness (QED) is 0.782. The molecule has 24 heavy (non-hydrogen) atoms. The lowest BCUT2D eigenvalue weighted by atomic mass is 10.1. The van der Waals surface area contributed by atoms with Crippen molar-refractivity contribution in [3.63, 3.8) is 0 Å². The van der Waals surface area contributed by atoms with Gasteiger partial charge in [0.1, 0.15) is 0 Å². The Morgan fingerprint density at radius 1 is 0.708 bits per heavy atom. The van der Waals surface area contributed by atoms with Gasteiger partial charge in [0, 0.05) is 0 Å². The van der Waals surface area contributed by atoms with Crippen molar-refractivity contribution in [2.75, 3.05) is 28.4 Å². The zero-order valence-electron chi connectivity index (χ0n) is 14.3. The molecule has 6 nitrogen and oxygen atoms in total. The van der Waals surface area contributed by atoms with Crippen LogP contribution >= 0.6 is 0 Å². The van der Waals surface area contributed by atoms with E-state index in [2.05, 4.69) is 0 Å². The van der Waals surface area contributed by atoms with Gasteiger partial charge in [-0.05, 0) is 35.4 Å². The summed E-state index contributed by atoms with van der Waals surface area (Å²) in [6, 6.07) is 8.90. The Kier molecular flexibility index (Phi) is 6.95. The van der Waals surface area contributed by atoms with Crippen LogP contribution in [0, 0.1) is 0 Å². The van der Waals surface area contributed by atoms with E-state index in [9.17, 15) is 5.11 Å². The molecule has 0 bridgehead atoms. The van der Waals surface area contributed by atoms with E-state index in [4.69, 9.17) is 18.9 Å². The number of aromatic hydroxyl groups is 1. The predicted octanol–water partition coefficient (Wildman–Crippen LogP) is 3.76. The second-order valence-electron chi connectivity index (χ2n) is 4.72. The first kappa shape index (κ1) is 19.2. The fourth-order valence-corrected chi connectivity index (χ4v) is 2.20. The van der Waals surface area contributed by atoms with Gasteiger partial charge in [-0.1, -0.05) is 18.2 Å². The van der Waals surface area contributed by atoms with Crippen LogP contribution in [-0.2, 0) is 0 Å². The van der Waals surface area contributed by atoms with Crippen LogP contribution in [0.3, 0.4) is 0 Å². The molecule has 6 heteroatoms. The maximum atomic E-state index is 9.81. The van der Waals surface area contributed by atoms with Crippen molar-refractivity contribution >= 4 is 12.2 Å². The number of hydrogen-bond donors (Lipinski definition) is 2. The van der Waals surface area contributed by atoms with Crippen molar-refractivity contribution in [2.45, 2.75) is 0 Å². The molecule has 0 saturated heterocycles. The van der Waals surface area contributed by atoms with Crippen LogP contribution in [0.25, 0.3) is 12.2 Å². The maximum absolute atomic E-state index is 9.81. The molecule has 2 aromatic rings. The average Bonchev–Trinajstić information content (AvgIpc) is 2.58. The molecule has 0 saturated carbocycles. The third-order valence-corrected chi connectivity index (χ3v) is 3.36. The van der Waals surface area contributed by atoms with Crippen LogP contribution in [0.2, 0.25) is 0 Å². The lowest BCUT2D eigenvalue weighted by Crippen LogP contribution is -1.95. The van der Waals surface area contributed by atoms with Crippen LogP contribution < -0.4 is 25.1 Å². The Hall–Kier alpha value is -2.86. The van der Waals surface area contributed by atoms with Gasteiger partial charge in [-0.25, -0.2) is 0 Å². The molecule has 0 fully saturated rings. The Morgan fingerprint density at radius 2 is 1.25 bits per heavy atom. The van der Waals surface area contributed by atoms with E-state index >= 15 is 0 Å². The second kappa shape index (κ2) is 8.69. The van der Waals surface area contributed by atoms with Crippen LogP contribution in [0.4, 0.5) is 0 Å². The molecule has 0 aliphatic carbocycles. The highest BCUT2D eigenvalue weighted by atomic mass is 16.5. The standard InChI is InChI=1S/C18H20O5.H3N/c1-20-15-8-7-12(9-14(15)19)5-6-13-10-16(21-2)18(23-4)17(11-13)22-3;/h5-11,19H,1-4H3;1H3/b6-5-;. The van der Waals surface area contributed by atoms with Gasteiger partial charge in [-0.15, -0.1) is 0 Å². The number of methoxy groups -OCH3 is 4. The molecular weight excluding hydrogens is 310 g/mol. The van der Waals surface area contributed by atoms with Gasteiger partial charge in [0.25, 0.3) is 0 Å². The Morgan fingerprint density at radius 3 is 1.71 bits per heavy atom. The van der Waals surface area contributed by atoms with Crippen molar-refractivity contribution in [3.8, 4) is 28.7 Å². The minimum Gasteiger partial charge on any atom is -0.504 e. The molecule has 0 aromatic heterocycles. The van der Waals surface area contributed by atoms with Crippen molar-refractivity contribution < 1.29 is 24.1 Å². The number of rotatable bonds is 6. The molecule has 2 rings (SSSR count). The number of phenolic OH excluding ortho intramolecular Hbond substituents is 1. The van der Waals surface area contributed by atoms with Crippen LogP contribution in [-0.4, -0.2) is 33.5 Å². The van der Waals surface area contributed by atoms with Crippen molar-refractivity contribution in [3.05, 3.63) is 41.5 Å². The zero-order chi connectivity index (χ0) is 16.8.